The van der Waals surface area contributed by atoms with Crippen LogP contribution in [0.5, 0.6) is 0 Å². The van der Waals surface area contributed by atoms with E-state index in [2.05, 4.69) is 17.2 Å². The Hall–Kier alpha value is -1.42. The largest absolute Gasteiger partial charge is 0.337 e. The Morgan fingerprint density at radius 2 is 2.37 bits per heavy atom. The third kappa shape index (κ3) is 3.32. The molecule has 1 fully saturated rings. The van der Waals surface area contributed by atoms with Crippen LogP contribution in [-0.2, 0) is 11.3 Å². The maximum Gasteiger partial charge on any atom is 0.230 e. The Morgan fingerprint density at radius 1 is 1.53 bits per heavy atom. The molecule has 0 saturated carbocycles. The van der Waals surface area contributed by atoms with E-state index in [-0.39, 0.29) is 11.3 Å². The molecular weight excluding hydrogens is 238 g/mol. The van der Waals surface area contributed by atoms with Crippen LogP contribution < -0.4 is 5.32 Å². The minimum atomic E-state index is -0.261. The molecule has 1 unspecified atom stereocenters. The van der Waals surface area contributed by atoms with Crippen molar-refractivity contribution >= 4 is 5.91 Å². The summed E-state index contributed by atoms with van der Waals surface area (Å²) < 4.78 is 0. The zero-order valence-corrected chi connectivity index (χ0v) is 11.9. The Labute approximate surface area is 115 Å². The quantitative estimate of drug-likeness (QED) is 0.899. The van der Waals surface area contributed by atoms with Crippen molar-refractivity contribution in [3.05, 3.63) is 30.1 Å². The van der Waals surface area contributed by atoms with Gasteiger partial charge in [0.05, 0.1) is 17.7 Å². The molecule has 1 amide bonds. The number of aromatic nitrogens is 1. The Balaban J connectivity index is 2.06. The fourth-order valence-corrected chi connectivity index (χ4v) is 2.63. The molecular formula is C15H23N3O. The second kappa shape index (κ2) is 6.15. The van der Waals surface area contributed by atoms with E-state index in [1.165, 1.54) is 0 Å². The van der Waals surface area contributed by atoms with Gasteiger partial charge in [-0.3, -0.25) is 9.78 Å². The topological polar surface area (TPSA) is 45.2 Å². The van der Waals surface area contributed by atoms with E-state index in [1.54, 1.807) is 6.20 Å². The molecule has 2 rings (SSSR count). The van der Waals surface area contributed by atoms with Crippen molar-refractivity contribution in [3.63, 3.8) is 0 Å². The number of pyridine rings is 1. The Morgan fingerprint density at radius 3 is 2.95 bits per heavy atom. The Kier molecular flexibility index (Phi) is 4.53. The van der Waals surface area contributed by atoms with Crippen molar-refractivity contribution in [2.75, 3.05) is 19.6 Å². The summed E-state index contributed by atoms with van der Waals surface area (Å²) in [6.07, 6.45) is 3.82. The number of nitrogens with zero attached hydrogens (tertiary/aromatic N) is 2. The van der Waals surface area contributed by atoms with Gasteiger partial charge < -0.3 is 10.2 Å². The van der Waals surface area contributed by atoms with E-state index in [4.69, 9.17) is 0 Å². The highest BCUT2D eigenvalue weighted by Crippen LogP contribution is 2.28. The highest BCUT2D eigenvalue weighted by Gasteiger charge is 2.37. The normalized spacial score (nSPS) is 23.1. The number of carbonyl (C=O) groups is 1. The first-order valence-electron chi connectivity index (χ1n) is 7.06. The SMILES string of the molecule is CCN(Cc1ccccn1)C(=O)C1(C)CCCNC1. The number of amides is 1. The third-order valence-electron chi connectivity index (χ3n) is 3.86. The van der Waals surface area contributed by atoms with Gasteiger partial charge in [-0.2, -0.15) is 0 Å². The van der Waals surface area contributed by atoms with Gasteiger partial charge in [0.1, 0.15) is 0 Å². The van der Waals surface area contributed by atoms with Gasteiger partial charge in [0, 0.05) is 19.3 Å². The predicted molar refractivity (Wildman–Crippen MR) is 75.5 cm³/mol. The van der Waals surface area contributed by atoms with Crippen LogP contribution >= 0.6 is 0 Å². The summed E-state index contributed by atoms with van der Waals surface area (Å²) in [7, 11) is 0. The summed E-state index contributed by atoms with van der Waals surface area (Å²) in [5.74, 6) is 0.243. The number of carbonyl (C=O) groups excluding carboxylic acids is 1. The van der Waals surface area contributed by atoms with Gasteiger partial charge in [-0.1, -0.05) is 6.07 Å². The fourth-order valence-electron chi connectivity index (χ4n) is 2.63. The number of hydrogen-bond acceptors (Lipinski definition) is 3. The summed E-state index contributed by atoms with van der Waals surface area (Å²) in [4.78, 5) is 18.9. The predicted octanol–water partition coefficient (Wildman–Crippen LogP) is 1.82. The van der Waals surface area contributed by atoms with Crippen LogP contribution in [-0.4, -0.2) is 35.4 Å². The monoisotopic (exact) mass is 261 g/mol. The van der Waals surface area contributed by atoms with Gasteiger partial charge in [0.2, 0.25) is 5.91 Å². The molecule has 1 atom stereocenters. The molecule has 0 aromatic carbocycles. The highest BCUT2D eigenvalue weighted by molar-refractivity contribution is 5.82. The second-order valence-corrected chi connectivity index (χ2v) is 5.48. The van der Waals surface area contributed by atoms with Crippen molar-refractivity contribution in [1.82, 2.24) is 15.2 Å². The minimum absolute atomic E-state index is 0.243. The molecule has 0 spiro atoms. The molecule has 2 heterocycles. The van der Waals surface area contributed by atoms with E-state index < -0.39 is 0 Å². The van der Waals surface area contributed by atoms with E-state index in [1.807, 2.05) is 30.0 Å². The minimum Gasteiger partial charge on any atom is -0.337 e. The summed E-state index contributed by atoms with van der Waals surface area (Å²) in [5.41, 5.74) is 0.688. The molecule has 1 aliphatic heterocycles. The first-order valence-corrected chi connectivity index (χ1v) is 7.06. The molecule has 0 bridgehead atoms. The number of hydrogen-bond donors (Lipinski definition) is 1. The smallest absolute Gasteiger partial charge is 0.230 e. The maximum absolute atomic E-state index is 12.7. The lowest BCUT2D eigenvalue weighted by Crippen LogP contribution is -2.50. The van der Waals surface area contributed by atoms with Crippen LogP contribution in [0.1, 0.15) is 32.4 Å². The number of piperidine rings is 1. The molecule has 1 aliphatic rings. The van der Waals surface area contributed by atoms with Crippen molar-refractivity contribution in [2.45, 2.75) is 33.2 Å². The van der Waals surface area contributed by atoms with Gasteiger partial charge in [0.15, 0.2) is 0 Å². The average Bonchev–Trinajstić information content (AvgIpc) is 2.46. The molecule has 1 N–H and O–H groups in total. The van der Waals surface area contributed by atoms with Crippen LogP contribution in [0.15, 0.2) is 24.4 Å². The van der Waals surface area contributed by atoms with Crippen molar-refractivity contribution in [3.8, 4) is 0 Å². The van der Waals surface area contributed by atoms with Crippen LogP contribution in [0.4, 0.5) is 0 Å². The lowest BCUT2D eigenvalue weighted by atomic mass is 9.81. The third-order valence-corrected chi connectivity index (χ3v) is 3.86. The Bertz CT molecular complexity index is 413. The summed E-state index contributed by atoms with van der Waals surface area (Å²) in [6.45, 7) is 7.24. The molecule has 1 aromatic rings. The van der Waals surface area contributed by atoms with Gasteiger partial charge in [-0.25, -0.2) is 0 Å². The van der Waals surface area contributed by atoms with Gasteiger partial charge in [-0.15, -0.1) is 0 Å². The number of rotatable bonds is 4. The van der Waals surface area contributed by atoms with E-state index in [9.17, 15) is 4.79 Å². The molecule has 1 aromatic heterocycles. The van der Waals surface area contributed by atoms with Crippen molar-refractivity contribution < 1.29 is 4.79 Å². The van der Waals surface area contributed by atoms with E-state index in [0.717, 1.165) is 38.2 Å². The summed E-state index contributed by atoms with van der Waals surface area (Å²) >= 11 is 0. The van der Waals surface area contributed by atoms with Gasteiger partial charge >= 0.3 is 0 Å². The van der Waals surface area contributed by atoms with E-state index in [0.29, 0.717) is 6.54 Å². The molecule has 104 valence electrons. The molecule has 0 aliphatic carbocycles. The molecule has 4 nitrogen and oxygen atoms in total. The number of nitrogens with one attached hydrogen (secondary N) is 1. The first-order chi connectivity index (χ1) is 9.15. The summed E-state index contributed by atoms with van der Waals surface area (Å²) in [5, 5.41) is 3.34. The zero-order chi connectivity index (χ0) is 13.7. The van der Waals surface area contributed by atoms with Gasteiger partial charge in [-0.05, 0) is 45.4 Å². The van der Waals surface area contributed by atoms with Crippen molar-refractivity contribution in [2.24, 2.45) is 5.41 Å². The van der Waals surface area contributed by atoms with Crippen LogP contribution in [0.2, 0.25) is 0 Å². The van der Waals surface area contributed by atoms with E-state index >= 15 is 0 Å². The van der Waals surface area contributed by atoms with Gasteiger partial charge in [0.25, 0.3) is 0 Å². The highest BCUT2D eigenvalue weighted by atomic mass is 16.2. The lowest BCUT2D eigenvalue weighted by Gasteiger charge is -2.37. The lowest BCUT2D eigenvalue weighted by molar-refractivity contribution is -0.142. The first kappa shape index (κ1) is 14.0. The maximum atomic E-state index is 12.7. The second-order valence-electron chi connectivity index (χ2n) is 5.48. The van der Waals surface area contributed by atoms with Crippen LogP contribution in [0.25, 0.3) is 0 Å². The zero-order valence-electron chi connectivity index (χ0n) is 11.9. The molecule has 19 heavy (non-hydrogen) atoms. The average molecular weight is 261 g/mol. The molecule has 4 heteroatoms. The standard InChI is InChI=1S/C15H23N3O/c1-3-18(11-13-7-4-5-10-17-13)14(19)15(2)8-6-9-16-12-15/h4-5,7,10,16H,3,6,8-9,11-12H2,1-2H3. The van der Waals surface area contributed by atoms with Crippen LogP contribution in [0.3, 0.4) is 0 Å². The summed E-state index contributed by atoms with van der Waals surface area (Å²) in [6, 6.07) is 5.83. The van der Waals surface area contributed by atoms with Crippen LogP contribution in [0, 0.1) is 5.41 Å². The molecule has 0 radical (unpaired) electrons. The molecule has 1 saturated heterocycles. The fraction of sp³-hybridized carbons (Fsp3) is 0.600. The van der Waals surface area contributed by atoms with Crippen molar-refractivity contribution in [1.29, 1.82) is 0 Å².